The molecule has 0 aliphatic carbocycles. The van der Waals surface area contributed by atoms with Gasteiger partial charge in [-0.05, 0) is 43.5 Å². The van der Waals surface area contributed by atoms with E-state index in [2.05, 4.69) is 12.2 Å². The van der Waals surface area contributed by atoms with Crippen molar-refractivity contribution in [3.05, 3.63) is 24.3 Å². The highest BCUT2D eigenvalue weighted by atomic mass is 32.2. The van der Waals surface area contributed by atoms with Crippen molar-refractivity contribution in [2.75, 3.05) is 38.5 Å². The summed E-state index contributed by atoms with van der Waals surface area (Å²) in [6.45, 7) is 7.31. The average molecular weight is 383 g/mol. The highest BCUT2D eigenvalue weighted by molar-refractivity contribution is 7.89. The average Bonchev–Trinajstić information content (AvgIpc) is 2.60. The molecule has 7 heteroatoms. The van der Waals surface area contributed by atoms with Gasteiger partial charge in [0.2, 0.25) is 10.0 Å². The van der Waals surface area contributed by atoms with Crippen LogP contribution in [0.1, 0.15) is 39.5 Å². The van der Waals surface area contributed by atoms with Crippen molar-refractivity contribution in [3.8, 4) is 0 Å². The molecule has 2 atom stereocenters. The zero-order valence-corrected chi connectivity index (χ0v) is 16.9. The molecule has 2 rings (SSSR count). The maximum absolute atomic E-state index is 12.5. The number of likely N-dealkylation sites (tertiary alicyclic amines) is 1. The number of carbonyl (C=O) groups is 1. The number of piperidine rings is 1. The third kappa shape index (κ3) is 5.79. The molecule has 0 aromatic heterocycles. The summed E-state index contributed by atoms with van der Waals surface area (Å²) >= 11 is 0. The van der Waals surface area contributed by atoms with E-state index in [0.29, 0.717) is 24.7 Å². The van der Waals surface area contributed by atoms with Crippen LogP contribution in [0.15, 0.2) is 29.2 Å². The molecule has 0 radical (unpaired) electrons. The lowest BCUT2D eigenvalue weighted by Crippen LogP contribution is -3.14. The van der Waals surface area contributed by atoms with Crippen molar-refractivity contribution >= 4 is 21.6 Å². The number of amides is 1. The summed E-state index contributed by atoms with van der Waals surface area (Å²) in [5.74, 6) is 0.644. The Morgan fingerprint density at radius 3 is 2.62 bits per heavy atom. The second-order valence-corrected chi connectivity index (χ2v) is 9.43. The number of sulfonamides is 1. The highest BCUT2D eigenvalue weighted by Gasteiger charge is 2.23. The number of hydrogen-bond donors (Lipinski definition) is 2. The van der Waals surface area contributed by atoms with E-state index in [-0.39, 0.29) is 10.8 Å². The molecule has 1 amide bonds. The molecule has 0 saturated carbocycles. The molecule has 1 aromatic carbocycles. The van der Waals surface area contributed by atoms with Crippen LogP contribution in [0.2, 0.25) is 0 Å². The van der Waals surface area contributed by atoms with Gasteiger partial charge >= 0.3 is 0 Å². The number of nitrogens with one attached hydrogen (secondary N) is 2. The van der Waals surface area contributed by atoms with Gasteiger partial charge in [-0.2, -0.15) is 0 Å². The van der Waals surface area contributed by atoms with Gasteiger partial charge < -0.3 is 10.2 Å². The topological polar surface area (TPSA) is 70.9 Å². The number of unbranched alkanes of at least 4 members (excludes halogenated alkanes) is 1. The minimum absolute atomic E-state index is 0.0234. The molecule has 0 bridgehead atoms. The maximum Gasteiger partial charge on any atom is 0.279 e. The zero-order valence-electron chi connectivity index (χ0n) is 16.1. The van der Waals surface area contributed by atoms with Gasteiger partial charge in [-0.15, -0.1) is 0 Å². The van der Waals surface area contributed by atoms with Crippen molar-refractivity contribution in [3.63, 3.8) is 0 Å². The molecule has 1 heterocycles. The van der Waals surface area contributed by atoms with Gasteiger partial charge in [0.05, 0.1) is 18.0 Å². The molecule has 1 saturated heterocycles. The molecular weight excluding hydrogens is 350 g/mol. The van der Waals surface area contributed by atoms with E-state index >= 15 is 0 Å². The number of rotatable bonds is 8. The first-order chi connectivity index (χ1) is 12.3. The molecule has 6 nitrogen and oxygen atoms in total. The van der Waals surface area contributed by atoms with E-state index in [9.17, 15) is 13.2 Å². The van der Waals surface area contributed by atoms with Gasteiger partial charge in [0, 0.05) is 25.2 Å². The number of quaternary nitrogens is 1. The fourth-order valence-corrected chi connectivity index (χ4v) is 4.59. The largest absolute Gasteiger partial charge is 0.327 e. The smallest absolute Gasteiger partial charge is 0.279 e. The Morgan fingerprint density at radius 1 is 1.31 bits per heavy atom. The minimum Gasteiger partial charge on any atom is -0.327 e. The molecule has 1 unspecified atom stereocenters. The molecule has 1 aliphatic rings. The third-order valence-corrected chi connectivity index (χ3v) is 6.82. The van der Waals surface area contributed by atoms with Crippen LogP contribution < -0.4 is 10.2 Å². The summed E-state index contributed by atoms with van der Waals surface area (Å²) < 4.78 is 26.4. The lowest BCUT2D eigenvalue weighted by Gasteiger charge is -2.27. The van der Waals surface area contributed by atoms with E-state index in [1.165, 1.54) is 22.0 Å². The summed E-state index contributed by atoms with van der Waals surface area (Å²) in [5, 5.41) is 2.88. The van der Waals surface area contributed by atoms with Gasteiger partial charge in [0.1, 0.15) is 0 Å². The van der Waals surface area contributed by atoms with Gasteiger partial charge in [0.15, 0.2) is 6.54 Å². The van der Waals surface area contributed by atoms with Crippen LogP contribution in [0, 0.1) is 5.92 Å². The van der Waals surface area contributed by atoms with Crippen LogP contribution in [0.3, 0.4) is 0 Å². The standard InChI is InChI=1S/C19H31N3O3S/c1-4-5-12-21(3)26(24,25)18-10-8-17(9-11-18)20-19(23)15-22-13-6-7-16(2)14-22/h8-11,16H,4-7,12-15H2,1-3H3,(H,20,23)/p+1/t16-/m0/s1. The van der Waals surface area contributed by atoms with E-state index in [1.807, 2.05) is 6.92 Å². The Balaban J connectivity index is 1.93. The summed E-state index contributed by atoms with van der Waals surface area (Å²) in [4.78, 5) is 13.8. The third-order valence-electron chi connectivity index (χ3n) is 4.95. The van der Waals surface area contributed by atoms with E-state index in [0.717, 1.165) is 25.9 Å². The summed E-state index contributed by atoms with van der Waals surface area (Å²) in [6.07, 6.45) is 4.19. The number of benzene rings is 1. The first kappa shape index (κ1) is 20.9. The fourth-order valence-electron chi connectivity index (χ4n) is 3.38. The Hall–Kier alpha value is -1.44. The number of hydrogen-bond acceptors (Lipinski definition) is 3. The summed E-state index contributed by atoms with van der Waals surface area (Å²) in [6, 6.07) is 6.44. The number of anilines is 1. The molecule has 1 fully saturated rings. The van der Waals surface area contributed by atoms with Gasteiger partial charge in [-0.25, -0.2) is 12.7 Å². The minimum atomic E-state index is -3.47. The van der Waals surface area contributed by atoms with E-state index < -0.39 is 10.0 Å². The second kappa shape index (κ2) is 9.48. The molecule has 2 N–H and O–H groups in total. The quantitative estimate of drug-likeness (QED) is 0.713. The lowest BCUT2D eigenvalue weighted by atomic mass is 10.0. The van der Waals surface area contributed by atoms with Crippen molar-refractivity contribution in [1.82, 2.24) is 4.31 Å². The van der Waals surface area contributed by atoms with Crippen LogP contribution in [0.4, 0.5) is 5.69 Å². The summed E-state index contributed by atoms with van der Waals surface area (Å²) in [5.41, 5.74) is 0.634. The molecule has 146 valence electrons. The van der Waals surface area contributed by atoms with Crippen LogP contribution in [-0.4, -0.2) is 51.9 Å². The Morgan fingerprint density at radius 2 is 2.00 bits per heavy atom. The number of nitrogens with zero attached hydrogens (tertiary/aromatic N) is 1. The predicted octanol–water partition coefficient (Wildman–Crippen LogP) is 1.36. The van der Waals surface area contributed by atoms with E-state index in [4.69, 9.17) is 0 Å². The summed E-state index contributed by atoms with van der Waals surface area (Å²) in [7, 11) is -1.87. The Labute approximate surface area is 157 Å². The maximum atomic E-state index is 12.5. The van der Waals surface area contributed by atoms with Crippen molar-refractivity contribution in [2.24, 2.45) is 5.92 Å². The fraction of sp³-hybridized carbons (Fsp3) is 0.632. The van der Waals surface area contributed by atoms with Crippen LogP contribution in [0.5, 0.6) is 0 Å². The van der Waals surface area contributed by atoms with Gasteiger partial charge in [-0.1, -0.05) is 20.3 Å². The normalized spacial score (nSPS) is 20.9. The monoisotopic (exact) mass is 382 g/mol. The van der Waals surface area contributed by atoms with Crippen molar-refractivity contribution in [1.29, 1.82) is 0 Å². The van der Waals surface area contributed by atoms with Gasteiger partial charge in [-0.3, -0.25) is 4.79 Å². The highest BCUT2D eigenvalue weighted by Crippen LogP contribution is 2.18. The molecular formula is C19H32N3O3S+. The van der Waals surface area contributed by atoms with Crippen LogP contribution in [0.25, 0.3) is 0 Å². The first-order valence-electron chi connectivity index (χ1n) is 9.52. The van der Waals surface area contributed by atoms with E-state index in [1.54, 1.807) is 31.3 Å². The lowest BCUT2D eigenvalue weighted by molar-refractivity contribution is -0.900. The van der Waals surface area contributed by atoms with Crippen molar-refractivity contribution in [2.45, 2.75) is 44.4 Å². The van der Waals surface area contributed by atoms with Crippen LogP contribution in [-0.2, 0) is 14.8 Å². The van der Waals surface area contributed by atoms with Crippen LogP contribution >= 0.6 is 0 Å². The SMILES string of the molecule is CCCCN(C)S(=O)(=O)c1ccc(NC(=O)C[NH+]2CCC[C@H](C)C2)cc1. The first-order valence-corrected chi connectivity index (χ1v) is 11.0. The zero-order chi connectivity index (χ0) is 19.2. The van der Waals surface area contributed by atoms with Crippen molar-refractivity contribution < 1.29 is 18.1 Å². The number of carbonyl (C=O) groups excluding carboxylic acids is 1. The van der Waals surface area contributed by atoms with Gasteiger partial charge in [0.25, 0.3) is 5.91 Å². The Bertz CT molecular complexity index is 688. The molecule has 1 aliphatic heterocycles. The molecule has 26 heavy (non-hydrogen) atoms. The molecule has 0 spiro atoms. The Kier molecular flexibility index (Phi) is 7.61. The predicted molar refractivity (Wildman–Crippen MR) is 104 cm³/mol. The molecule has 1 aromatic rings. The second-order valence-electron chi connectivity index (χ2n) is 7.38.